The van der Waals surface area contributed by atoms with Crippen molar-refractivity contribution in [3.63, 3.8) is 0 Å². The van der Waals surface area contributed by atoms with Crippen molar-refractivity contribution in [2.24, 2.45) is 5.92 Å². The van der Waals surface area contributed by atoms with Gasteiger partial charge in [-0.1, -0.05) is 40.5 Å². The second-order valence-corrected chi connectivity index (χ2v) is 5.35. The summed E-state index contributed by atoms with van der Waals surface area (Å²) in [7, 11) is 0. The molecule has 0 atom stereocenters. The van der Waals surface area contributed by atoms with Gasteiger partial charge in [-0.25, -0.2) is 0 Å². The van der Waals surface area contributed by atoms with Crippen LogP contribution < -0.4 is 0 Å². The van der Waals surface area contributed by atoms with Gasteiger partial charge in [-0.3, -0.25) is 4.79 Å². The largest absolute Gasteiger partial charge is 0.299 e. The highest BCUT2D eigenvalue weighted by Gasteiger charge is 2.10. The van der Waals surface area contributed by atoms with Crippen molar-refractivity contribution >= 4 is 17.5 Å². The Morgan fingerprint density at radius 3 is 2.15 bits per heavy atom. The highest BCUT2D eigenvalue weighted by Crippen LogP contribution is 2.16. The van der Waals surface area contributed by atoms with Gasteiger partial charge in [0.05, 0.1) is 5.75 Å². The SMILES string of the molecule is CCC(CC)CC(=O)CSC(C)C. The molecule has 78 valence electrons. The second-order valence-electron chi connectivity index (χ2n) is 3.79. The lowest BCUT2D eigenvalue weighted by Crippen LogP contribution is -2.10. The molecule has 0 aliphatic carbocycles. The Hall–Kier alpha value is 0.0200. The van der Waals surface area contributed by atoms with E-state index in [9.17, 15) is 4.79 Å². The molecule has 0 aliphatic heterocycles. The average molecular weight is 202 g/mol. The van der Waals surface area contributed by atoms with Gasteiger partial charge in [0.15, 0.2) is 0 Å². The van der Waals surface area contributed by atoms with Crippen LogP contribution >= 0.6 is 11.8 Å². The number of carbonyl (C=O) groups is 1. The molecular weight excluding hydrogens is 180 g/mol. The normalized spacial score (nSPS) is 11.2. The molecule has 0 rings (SSSR count). The standard InChI is InChI=1S/C11H22OS/c1-5-10(6-2)7-11(12)8-13-9(3)4/h9-10H,5-8H2,1-4H3. The number of rotatable bonds is 7. The minimum atomic E-state index is 0.424. The fourth-order valence-electron chi connectivity index (χ4n) is 1.22. The van der Waals surface area contributed by atoms with E-state index in [4.69, 9.17) is 0 Å². The lowest BCUT2D eigenvalue weighted by Gasteiger charge is -2.11. The summed E-state index contributed by atoms with van der Waals surface area (Å²) in [6.07, 6.45) is 3.05. The minimum absolute atomic E-state index is 0.424. The van der Waals surface area contributed by atoms with E-state index < -0.39 is 0 Å². The second kappa shape index (κ2) is 7.43. The van der Waals surface area contributed by atoms with Gasteiger partial charge < -0.3 is 0 Å². The number of thioether (sulfide) groups is 1. The van der Waals surface area contributed by atoms with Gasteiger partial charge in [0.25, 0.3) is 0 Å². The molecule has 13 heavy (non-hydrogen) atoms. The fraction of sp³-hybridized carbons (Fsp3) is 0.909. The van der Waals surface area contributed by atoms with Gasteiger partial charge >= 0.3 is 0 Å². The van der Waals surface area contributed by atoms with Crippen LogP contribution in [0.3, 0.4) is 0 Å². The van der Waals surface area contributed by atoms with E-state index in [0.717, 1.165) is 19.3 Å². The molecule has 0 aliphatic rings. The summed E-state index contributed by atoms with van der Waals surface area (Å²) < 4.78 is 0. The van der Waals surface area contributed by atoms with E-state index in [-0.39, 0.29) is 0 Å². The van der Waals surface area contributed by atoms with Gasteiger partial charge in [-0.2, -0.15) is 11.8 Å². The molecule has 0 aromatic heterocycles. The van der Waals surface area contributed by atoms with Crippen LogP contribution in [0.5, 0.6) is 0 Å². The monoisotopic (exact) mass is 202 g/mol. The first-order valence-corrected chi connectivity index (χ1v) is 6.28. The van der Waals surface area contributed by atoms with Crippen LogP contribution in [0, 0.1) is 5.92 Å². The van der Waals surface area contributed by atoms with Crippen LogP contribution in [-0.4, -0.2) is 16.8 Å². The van der Waals surface area contributed by atoms with Crippen LogP contribution in [0.4, 0.5) is 0 Å². The van der Waals surface area contributed by atoms with Crippen molar-refractivity contribution in [1.82, 2.24) is 0 Å². The Morgan fingerprint density at radius 2 is 1.77 bits per heavy atom. The number of Topliss-reactive ketones (excluding diaryl/α,β-unsaturated/α-hetero) is 1. The summed E-state index contributed by atoms with van der Waals surface area (Å²) >= 11 is 1.75. The summed E-state index contributed by atoms with van der Waals surface area (Å²) in [6.45, 7) is 8.60. The molecule has 0 amide bonds. The summed E-state index contributed by atoms with van der Waals surface area (Å²) in [5, 5.41) is 0.575. The Morgan fingerprint density at radius 1 is 1.23 bits per heavy atom. The van der Waals surface area contributed by atoms with Gasteiger partial charge in [-0.05, 0) is 11.2 Å². The molecule has 0 aromatic carbocycles. The minimum Gasteiger partial charge on any atom is -0.299 e. The van der Waals surface area contributed by atoms with E-state index in [2.05, 4.69) is 27.7 Å². The summed E-state index contributed by atoms with van der Waals surface area (Å²) in [5.41, 5.74) is 0. The Kier molecular flexibility index (Phi) is 7.44. The number of hydrogen-bond donors (Lipinski definition) is 0. The molecule has 0 bridgehead atoms. The first kappa shape index (κ1) is 13.0. The molecule has 0 heterocycles. The van der Waals surface area contributed by atoms with E-state index >= 15 is 0 Å². The highest BCUT2D eigenvalue weighted by molar-refractivity contribution is 8.00. The van der Waals surface area contributed by atoms with E-state index in [1.165, 1.54) is 0 Å². The van der Waals surface area contributed by atoms with Gasteiger partial charge in [0, 0.05) is 6.42 Å². The van der Waals surface area contributed by atoms with Crippen molar-refractivity contribution < 1.29 is 4.79 Å². The molecule has 0 unspecified atom stereocenters. The quantitative estimate of drug-likeness (QED) is 0.628. The smallest absolute Gasteiger partial charge is 0.143 e. The number of hydrogen-bond acceptors (Lipinski definition) is 2. The van der Waals surface area contributed by atoms with E-state index in [0.29, 0.717) is 22.7 Å². The average Bonchev–Trinajstić information content (AvgIpc) is 2.10. The predicted octanol–water partition coefficient (Wildman–Crippen LogP) is 3.52. The highest BCUT2D eigenvalue weighted by atomic mass is 32.2. The van der Waals surface area contributed by atoms with Crippen molar-refractivity contribution in [1.29, 1.82) is 0 Å². The lowest BCUT2D eigenvalue weighted by atomic mass is 9.98. The number of carbonyl (C=O) groups excluding carboxylic acids is 1. The predicted molar refractivity (Wildman–Crippen MR) is 61.3 cm³/mol. The van der Waals surface area contributed by atoms with Crippen LogP contribution in [0.25, 0.3) is 0 Å². The topological polar surface area (TPSA) is 17.1 Å². The summed E-state index contributed by atoms with van der Waals surface area (Å²) in [5.74, 6) is 1.74. The Bertz CT molecular complexity index is 139. The molecule has 0 N–H and O–H groups in total. The van der Waals surface area contributed by atoms with Crippen LogP contribution in [0.1, 0.15) is 47.0 Å². The van der Waals surface area contributed by atoms with Crippen molar-refractivity contribution in [2.75, 3.05) is 5.75 Å². The molecular formula is C11H22OS. The third-order valence-corrected chi connectivity index (χ3v) is 3.40. The van der Waals surface area contributed by atoms with Gasteiger partial charge in [0.2, 0.25) is 0 Å². The molecule has 1 nitrogen and oxygen atoms in total. The molecule has 0 fully saturated rings. The maximum atomic E-state index is 11.5. The molecule has 0 radical (unpaired) electrons. The van der Waals surface area contributed by atoms with Crippen molar-refractivity contribution in [3.8, 4) is 0 Å². The van der Waals surface area contributed by atoms with Crippen LogP contribution in [0.15, 0.2) is 0 Å². The van der Waals surface area contributed by atoms with E-state index in [1.54, 1.807) is 11.8 Å². The first-order valence-electron chi connectivity index (χ1n) is 5.23. The van der Waals surface area contributed by atoms with Crippen molar-refractivity contribution in [2.45, 2.75) is 52.2 Å². The molecule has 2 heteroatoms. The maximum Gasteiger partial charge on any atom is 0.143 e. The Balaban J connectivity index is 3.60. The molecule has 0 spiro atoms. The fourth-order valence-corrected chi connectivity index (χ4v) is 1.85. The zero-order chi connectivity index (χ0) is 10.3. The molecule has 0 saturated heterocycles. The molecule has 0 aromatic rings. The molecule has 0 saturated carbocycles. The Labute approximate surface area is 86.7 Å². The van der Waals surface area contributed by atoms with Crippen LogP contribution in [-0.2, 0) is 4.79 Å². The zero-order valence-corrected chi connectivity index (χ0v) is 10.1. The third-order valence-electron chi connectivity index (χ3n) is 2.25. The first-order chi connectivity index (χ1) is 6.10. The maximum absolute atomic E-state index is 11.5. The van der Waals surface area contributed by atoms with Gasteiger partial charge in [-0.15, -0.1) is 0 Å². The summed E-state index contributed by atoms with van der Waals surface area (Å²) in [4.78, 5) is 11.5. The number of ketones is 1. The summed E-state index contributed by atoms with van der Waals surface area (Å²) in [6, 6.07) is 0. The zero-order valence-electron chi connectivity index (χ0n) is 9.30. The van der Waals surface area contributed by atoms with Crippen LogP contribution in [0.2, 0.25) is 0 Å². The van der Waals surface area contributed by atoms with Gasteiger partial charge in [0.1, 0.15) is 5.78 Å². The third kappa shape index (κ3) is 7.12. The van der Waals surface area contributed by atoms with Crippen molar-refractivity contribution in [3.05, 3.63) is 0 Å². The van der Waals surface area contributed by atoms with E-state index in [1.807, 2.05) is 0 Å². The lowest BCUT2D eigenvalue weighted by molar-refractivity contribution is -0.117.